The second-order valence-corrected chi connectivity index (χ2v) is 3.80. The average Bonchev–Trinajstić information content (AvgIpc) is 2.22. The van der Waals surface area contributed by atoms with Crippen molar-refractivity contribution in [3.8, 4) is 11.5 Å². The van der Waals surface area contributed by atoms with Crippen LogP contribution in [0.3, 0.4) is 0 Å². The Balaban J connectivity index is 2.55. The summed E-state index contributed by atoms with van der Waals surface area (Å²) in [6.45, 7) is 3.88. The minimum Gasteiger partial charge on any atom is -0.504 e. The predicted molar refractivity (Wildman–Crippen MR) is 61.4 cm³/mol. The Bertz CT molecular complexity index is 475. The molecule has 0 radical (unpaired) electrons. The molecule has 0 saturated carbocycles. The standard InChI is InChI=1S/C13H14O2/c1-9(2)15-12-8-7-10-5-3-4-6-11(10)13(12)14/h3-9,14H,1-2H3. The molecule has 2 nitrogen and oxygen atoms in total. The van der Waals surface area contributed by atoms with Gasteiger partial charge in [0.25, 0.3) is 0 Å². The van der Waals surface area contributed by atoms with E-state index in [2.05, 4.69) is 0 Å². The molecular formula is C13H14O2. The van der Waals surface area contributed by atoms with Gasteiger partial charge in [-0.3, -0.25) is 0 Å². The Kier molecular flexibility index (Phi) is 2.50. The molecule has 0 aliphatic carbocycles. The van der Waals surface area contributed by atoms with Gasteiger partial charge in [-0.1, -0.05) is 30.3 Å². The Morgan fingerprint density at radius 3 is 2.53 bits per heavy atom. The fourth-order valence-corrected chi connectivity index (χ4v) is 1.58. The van der Waals surface area contributed by atoms with E-state index in [1.165, 1.54) is 0 Å². The van der Waals surface area contributed by atoms with Crippen LogP contribution in [0.2, 0.25) is 0 Å². The monoisotopic (exact) mass is 202 g/mol. The van der Waals surface area contributed by atoms with Gasteiger partial charge in [0, 0.05) is 5.39 Å². The van der Waals surface area contributed by atoms with Crippen LogP contribution in [0.25, 0.3) is 10.8 Å². The lowest BCUT2D eigenvalue weighted by molar-refractivity contribution is 0.233. The fourth-order valence-electron chi connectivity index (χ4n) is 1.58. The summed E-state index contributed by atoms with van der Waals surface area (Å²) in [5.41, 5.74) is 0. The summed E-state index contributed by atoms with van der Waals surface area (Å²) in [5, 5.41) is 11.8. The van der Waals surface area contributed by atoms with E-state index in [4.69, 9.17) is 4.74 Å². The number of hydrogen-bond donors (Lipinski definition) is 1. The number of phenols is 1. The molecule has 0 aromatic heterocycles. The molecule has 15 heavy (non-hydrogen) atoms. The number of benzene rings is 2. The molecule has 0 atom stereocenters. The SMILES string of the molecule is CC(C)Oc1ccc2ccccc2c1O. The smallest absolute Gasteiger partial charge is 0.165 e. The zero-order valence-corrected chi connectivity index (χ0v) is 8.90. The summed E-state index contributed by atoms with van der Waals surface area (Å²) < 4.78 is 5.50. The highest BCUT2D eigenvalue weighted by Crippen LogP contribution is 2.34. The second kappa shape index (κ2) is 3.81. The van der Waals surface area contributed by atoms with Crippen LogP contribution in [-0.4, -0.2) is 11.2 Å². The third-order valence-corrected chi connectivity index (χ3v) is 2.23. The van der Waals surface area contributed by atoms with E-state index in [0.717, 1.165) is 10.8 Å². The number of hydrogen-bond acceptors (Lipinski definition) is 2. The molecule has 0 bridgehead atoms. The number of ether oxygens (including phenoxy) is 1. The molecule has 0 fully saturated rings. The molecule has 2 rings (SSSR count). The second-order valence-electron chi connectivity index (χ2n) is 3.80. The van der Waals surface area contributed by atoms with Crippen molar-refractivity contribution in [2.75, 3.05) is 0 Å². The van der Waals surface area contributed by atoms with E-state index in [0.29, 0.717) is 5.75 Å². The zero-order chi connectivity index (χ0) is 10.8. The summed E-state index contributed by atoms with van der Waals surface area (Å²) in [7, 11) is 0. The van der Waals surface area contributed by atoms with E-state index in [-0.39, 0.29) is 11.9 Å². The van der Waals surface area contributed by atoms with Gasteiger partial charge in [0.05, 0.1) is 6.10 Å². The first-order valence-corrected chi connectivity index (χ1v) is 5.06. The van der Waals surface area contributed by atoms with E-state index in [1.807, 2.05) is 44.2 Å². The quantitative estimate of drug-likeness (QED) is 0.809. The topological polar surface area (TPSA) is 29.5 Å². The van der Waals surface area contributed by atoms with Crippen molar-refractivity contribution in [1.29, 1.82) is 0 Å². The highest BCUT2D eigenvalue weighted by atomic mass is 16.5. The molecule has 2 aromatic rings. The number of fused-ring (bicyclic) bond motifs is 1. The summed E-state index contributed by atoms with van der Waals surface area (Å²) >= 11 is 0. The molecule has 2 heteroatoms. The van der Waals surface area contributed by atoms with Crippen molar-refractivity contribution < 1.29 is 9.84 Å². The van der Waals surface area contributed by atoms with Crippen molar-refractivity contribution in [3.05, 3.63) is 36.4 Å². The van der Waals surface area contributed by atoms with Gasteiger partial charge in [-0.15, -0.1) is 0 Å². The first kappa shape index (κ1) is 9.84. The number of phenolic OH excluding ortho intramolecular Hbond substituents is 1. The molecule has 0 amide bonds. The molecular weight excluding hydrogens is 188 g/mol. The van der Waals surface area contributed by atoms with Crippen molar-refractivity contribution in [1.82, 2.24) is 0 Å². The Hall–Kier alpha value is -1.70. The summed E-state index contributed by atoms with van der Waals surface area (Å²) in [6.07, 6.45) is 0.0667. The van der Waals surface area contributed by atoms with Gasteiger partial charge in [0.1, 0.15) is 0 Å². The first-order chi connectivity index (χ1) is 7.18. The van der Waals surface area contributed by atoms with Gasteiger partial charge in [-0.2, -0.15) is 0 Å². The lowest BCUT2D eigenvalue weighted by atomic mass is 10.1. The van der Waals surface area contributed by atoms with E-state index < -0.39 is 0 Å². The molecule has 0 aliphatic heterocycles. The minimum absolute atomic E-state index is 0.0667. The van der Waals surface area contributed by atoms with Crippen LogP contribution in [0.5, 0.6) is 11.5 Å². The lowest BCUT2D eigenvalue weighted by Crippen LogP contribution is -2.05. The number of aromatic hydroxyl groups is 1. The maximum absolute atomic E-state index is 9.97. The van der Waals surface area contributed by atoms with Gasteiger partial charge in [-0.25, -0.2) is 0 Å². The molecule has 0 spiro atoms. The van der Waals surface area contributed by atoms with Crippen molar-refractivity contribution >= 4 is 10.8 Å². The minimum atomic E-state index is 0.0667. The lowest BCUT2D eigenvalue weighted by Gasteiger charge is -2.12. The van der Waals surface area contributed by atoms with Crippen LogP contribution in [0, 0.1) is 0 Å². The van der Waals surface area contributed by atoms with Crippen LogP contribution in [0.15, 0.2) is 36.4 Å². The zero-order valence-electron chi connectivity index (χ0n) is 8.90. The van der Waals surface area contributed by atoms with Crippen LogP contribution < -0.4 is 4.74 Å². The Morgan fingerprint density at radius 1 is 1.07 bits per heavy atom. The normalized spacial score (nSPS) is 10.9. The summed E-state index contributed by atoms with van der Waals surface area (Å²) in [5.74, 6) is 0.769. The van der Waals surface area contributed by atoms with Gasteiger partial charge in [-0.05, 0) is 25.3 Å². The fraction of sp³-hybridized carbons (Fsp3) is 0.231. The molecule has 0 heterocycles. The van der Waals surface area contributed by atoms with Gasteiger partial charge in [0.2, 0.25) is 0 Å². The highest BCUT2D eigenvalue weighted by Gasteiger charge is 2.07. The van der Waals surface area contributed by atoms with Crippen LogP contribution >= 0.6 is 0 Å². The van der Waals surface area contributed by atoms with Gasteiger partial charge < -0.3 is 9.84 Å². The van der Waals surface area contributed by atoms with E-state index in [9.17, 15) is 5.11 Å². The maximum atomic E-state index is 9.97. The molecule has 78 valence electrons. The van der Waals surface area contributed by atoms with Crippen molar-refractivity contribution in [2.45, 2.75) is 20.0 Å². The van der Waals surface area contributed by atoms with Crippen molar-refractivity contribution in [2.24, 2.45) is 0 Å². The third-order valence-electron chi connectivity index (χ3n) is 2.23. The molecule has 0 saturated heterocycles. The predicted octanol–water partition coefficient (Wildman–Crippen LogP) is 3.33. The maximum Gasteiger partial charge on any atom is 0.165 e. The largest absolute Gasteiger partial charge is 0.504 e. The average molecular weight is 202 g/mol. The Morgan fingerprint density at radius 2 is 1.80 bits per heavy atom. The van der Waals surface area contributed by atoms with E-state index >= 15 is 0 Å². The summed E-state index contributed by atoms with van der Waals surface area (Å²) in [4.78, 5) is 0. The van der Waals surface area contributed by atoms with Crippen LogP contribution in [0.4, 0.5) is 0 Å². The van der Waals surface area contributed by atoms with Gasteiger partial charge >= 0.3 is 0 Å². The van der Waals surface area contributed by atoms with Crippen LogP contribution in [-0.2, 0) is 0 Å². The van der Waals surface area contributed by atoms with E-state index in [1.54, 1.807) is 6.07 Å². The van der Waals surface area contributed by atoms with Crippen molar-refractivity contribution in [3.63, 3.8) is 0 Å². The number of rotatable bonds is 2. The highest BCUT2D eigenvalue weighted by molar-refractivity contribution is 5.90. The third kappa shape index (κ3) is 1.89. The summed E-state index contributed by atoms with van der Waals surface area (Å²) in [6, 6.07) is 11.5. The molecule has 2 aromatic carbocycles. The molecule has 0 unspecified atom stereocenters. The Labute approximate surface area is 89.1 Å². The first-order valence-electron chi connectivity index (χ1n) is 5.06. The van der Waals surface area contributed by atoms with Gasteiger partial charge in [0.15, 0.2) is 11.5 Å². The molecule has 1 N–H and O–H groups in total. The molecule has 0 aliphatic rings. The van der Waals surface area contributed by atoms with Crippen LogP contribution in [0.1, 0.15) is 13.8 Å².